The van der Waals surface area contributed by atoms with Crippen molar-refractivity contribution in [3.05, 3.63) is 35.9 Å². The van der Waals surface area contributed by atoms with E-state index in [0.717, 1.165) is 5.56 Å². The van der Waals surface area contributed by atoms with Crippen LogP contribution in [0.25, 0.3) is 0 Å². The first kappa shape index (κ1) is 11.9. The number of hydrogen-bond donors (Lipinski definition) is 2. The highest BCUT2D eigenvalue weighted by Crippen LogP contribution is 2.16. The summed E-state index contributed by atoms with van der Waals surface area (Å²) >= 11 is 0. The van der Waals surface area contributed by atoms with Gasteiger partial charge in [-0.15, -0.1) is 0 Å². The van der Waals surface area contributed by atoms with E-state index in [4.69, 9.17) is 10.5 Å². The van der Waals surface area contributed by atoms with Crippen LogP contribution in [0.5, 0.6) is 0 Å². The van der Waals surface area contributed by atoms with Crippen LogP contribution in [0, 0.1) is 5.41 Å². The first-order chi connectivity index (χ1) is 7.74. The lowest BCUT2D eigenvalue weighted by Gasteiger charge is -2.08. The van der Waals surface area contributed by atoms with E-state index < -0.39 is 6.16 Å². The van der Waals surface area contributed by atoms with Crippen LogP contribution in [0.15, 0.2) is 35.5 Å². The van der Waals surface area contributed by atoms with E-state index in [1.807, 2.05) is 30.3 Å². The number of oxime groups is 1. The summed E-state index contributed by atoms with van der Waals surface area (Å²) in [5.41, 5.74) is 0.962. The minimum Gasteiger partial charge on any atom is -0.448 e. The highest BCUT2D eigenvalue weighted by molar-refractivity contribution is 5.73. The number of hydrogen-bond acceptors (Lipinski definition) is 4. The molecule has 1 atom stereocenters. The van der Waals surface area contributed by atoms with Crippen molar-refractivity contribution in [1.82, 2.24) is 0 Å². The van der Waals surface area contributed by atoms with Crippen LogP contribution in [0.2, 0.25) is 0 Å². The van der Waals surface area contributed by atoms with Crippen molar-refractivity contribution in [3.63, 3.8) is 0 Å². The van der Waals surface area contributed by atoms with Gasteiger partial charge >= 0.3 is 6.16 Å². The largest absolute Gasteiger partial charge is 0.532 e. The second-order valence-corrected chi connectivity index (χ2v) is 3.07. The molecule has 1 unspecified atom stereocenters. The Morgan fingerprint density at radius 2 is 2.19 bits per heavy atom. The summed E-state index contributed by atoms with van der Waals surface area (Å²) in [6.45, 7) is 0. The van der Waals surface area contributed by atoms with Gasteiger partial charge in [-0.3, -0.25) is 4.84 Å². The average Bonchev–Trinajstić information content (AvgIpc) is 2.29. The molecule has 0 heterocycles. The van der Waals surface area contributed by atoms with E-state index >= 15 is 0 Å². The zero-order valence-corrected chi connectivity index (χ0v) is 8.54. The monoisotopic (exact) mass is 220 g/mol. The fraction of sp³-hybridized carbons (Fsp3) is 0.182. The molecule has 5 heteroatoms. The summed E-state index contributed by atoms with van der Waals surface area (Å²) in [6, 6.07) is 9.41. The smallest absolute Gasteiger partial charge is 0.448 e. The zero-order chi connectivity index (χ0) is 11.8. The Kier molecular flexibility index (Phi) is 4.72. The van der Waals surface area contributed by atoms with Gasteiger partial charge in [0.05, 0.1) is 6.21 Å². The Morgan fingerprint density at radius 1 is 1.50 bits per heavy atom. The maximum Gasteiger partial charge on any atom is 0.532 e. The summed E-state index contributed by atoms with van der Waals surface area (Å²) in [7, 11) is 0. The second kappa shape index (κ2) is 6.34. The number of benzene rings is 1. The molecule has 0 saturated heterocycles. The summed E-state index contributed by atoms with van der Waals surface area (Å²) in [5, 5.41) is 18.6. The van der Waals surface area contributed by atoms with Crippen LogP contribution in [0.3, 0.4) is 0 Å². The van der Waals surface area contributed by atoms with E-state index in [2.05, 4.69) is 9.99 Å². The molecular weight excluding hydrogens is 208 g/mol. The maximum atomic E-state index is 10.1. The number of nitrogens with zero attached hydrogens (tertiary/aromatic N) is 1. The molecule has 1 aromatic rings. The van der Waals surface area contributed by atoms with E-state index in [9.17, 15) is 4.79 Å². The zero-order valence-electron chi connectivity index (χ0n) is 8.54. The number of carbonyl (C=O) groups is 1. The molecule has 0 aliphatic heterocycles. The number of carboxylic acid groups (broad SMARTS) is 1. The van der Waals surface area contributed by atoms with Crippen molar-refractivity contribution in [2.75, 3.05) is 0 Å². The molecule has 0 aliphatic rings. The number of nitrogens with one attached hydrogen (secondary N) is 1. The molecule has 2 N–H and O–H groups in total. The molecule has 5 nitrogen and oxygen atoms in total. The number of rotatable bonds is 5. The Hall–Kier alpha value is -2.17. The van der Waals surface area contributed by atoms with Gasteiger partial charge in [-0.25, -0.2) is 4.79 Å². The molecule has 0 spiro atoms. The summed E-state index contributed by atoms with van der Waals surface area (Å²) in [5.74, 6) is -0.141. The molecule has 0 fully saturated rings. The first-order valence-corrected chi connectivity index (χ1v) is 4.71. The van der Waals surface area contributed by atoms with E-state index in [0.29, 0.717) is 6.42 Å². The van der Waals surface area contributed by atoms with Gasteiger partial charge in [-0.2, -0.15) is 0 Å². The van der Waals surface area contributed by atoms with Gasteiger partial charge in [-0.05, 0) is 18.2 Å². The second-order valence-electron chi connectivity index (χ2n) is 3.07. The average molecular weight is 220 g/mol. The van der Waals surface area contributed by atoms with Crippen molar-refractivity contribution in [3.8, 4) is 0 Å². The van der Waals surface area contributed by atoms with Crippen molar-refractivity contribution in [1.29, 1.82) is 5.41 Å². The molecule has 0 bridgehead atoms. The van der Waals surface area contributed by atoms with Gasteiger partial charge in [0, 0.05) is 5.92 Å². The summed E-state index contributed by atoms with van der Waals surface area (Å²) in [4.78, 5) is 14.1. The fourth-order valence-electron chi connectivity index (χ4n) is 1.26. The third-order valence-electron chi connectivity index (χ3n) is 1.97. The predicted octanol–water partition coefficient (Wildman–Crippen LogP) is 2.49. The lowest BCUT2D eigenvalue weighted by molar-refractivity contribution is 0.0951. The normalized spacial score (nSPS) is 12.2. The van der Waals surface area contributed by atoms with Crippen LogP contribution in [-0.4, -0.2) is 23.7 Å². The van der Waals surface area contributed by atoms with Gasteiger partial charge in [0.15, 0.2) is 0 Å². The third kappa shape index (κ3) is 3.91. The molecule has 1 rings (SSSR count). The fourth-order valence-corrected chi connectivity index (χ4v) is 1.26. The summed E-state index contributed by atoms with van der Waals surface area (Å²) < 4.78 is 0. The van der Waals surface area contributed by atoms with Crippen LogP contribution >= 0.6 is 0 Å². The SMILES string of the molecule is N=CCC(C=NOC(=O)O)c1ccccc1. The van der Waals surface area contributed by atoms with Gasteiger partial charge in [0.1, 0.15) is 0 Å². The van der Waals surface area contributed by atoms with Gasteiger partial charge in [-0.1, -0.05) is 35.5 Å². The molecule has 0 radical (unpaired) electrons. The Balaban J connectivity index is 2.71. The molecule has 0 amide bonds. The van der Waals surface area contributed by atoms with Gasteiger partial charge in [0.25, 0.3) is 0 Å². The standard InChI is InChI=1S/C11H12N2O3/c12-7-6-10(8-13-16-11(14)15)9-4-2-1-3-5-9/h1-5,7-8,10,12H,6H2,(H,14,15). The van der Waals surface area contributed by atoms with Crippen LogP contribution < -0.4 is 0 Å². The van der Waals surface area contributed by atoms with E-state index in [-0.39, 0.29) is 5.92 Å². The van der Waals surface area contributed by atoms with Crippen LogP contribution in [0.4, 0.5) is 4.79 Å². The lowest BCUT2D eigenvalue weighted by Crippen LogP contribution is -2.02. The summed E-state index contributed by atoms with van der Waals surface area (Å²) in [6.07, 6.45) is 1.65. The molecule has 0 aromatic heterocycles. The minimum absolute atomic E-state index is 0.141. The molecular formula is C11H12N2O3. The maximum absolute atomic E-state index is 10.1. The van der Waals surface area contributed by atoms with Crippen LogP contribution in [-0.2, 0) is 4.84 Å². The lowest BCUT2D eigenvalue weighted by atomic mass is 9.98. The van der Waals surface area contributed by atoms with Crippen molar-refractivity contribution < 1.29 is 14.7 Å². The highest BCUT2D eigenvalue weighted by Gasteiger charge is 2.07. The Labute approximate surface area is 92.9 Å². The van der Waals surface area contributed by atoms with Crippen LogP contribution in [0.1, 0.15) is 17.9 Å². The minimum atomic E-state index is -1.45. The van der Waals surface area contributed by atoms with Crippen molar-refractivity contribution >= 4 is 18.6 Å². The van der Waals surface area contributed by atoms with Crippen molar-refractivity contribution in [2.45, 2.75) is 12.3 Å². The molecule has 84 valence electrons. The highest BCUT2D eigenvalue weighted by atomic mass is 16.7. The first-order valence-electron chi connectivity index (χ1n) is 4.71. The predicted molar refractivity (Wildman–Crippen MR) is 60.2 cm³/mol. The Bertz CT molecular complexity index is 376. The quantitative estimate of drug-likeness (QED) is 0.454. The molecule has 0 aliphatic carbocycles. The molecule has 1 aromatic carbocycles. The third-order valence-corrected chi connectivity index (χ3v) is 1.97. The van der Waals surface area contributed by atoms with Crippen molar-refractivity contribution in [2.24, 2.45) is 5.16 Å². The van der Waals surface area contributed by atoms with Gasteiger partial charge < -0.3 is 10.5 Å². The topological polar surface area (TPSA) is 82.7 Å². The molecule has 16 heavy (non-hydrogen) atoms. The van der Waals surface area contributed by atoms with E-state index in [1.165, 1.54) is 12.4 Å². The Morgan fingerprint density at radius 3 is 2.75 bits per heavy atom. The molecule has 0 saturated carbocycles. The van der Waals surface area contributed by atoms with E-state index in [1.54, 1.807) is 0 Å². The van der Waals surface area contributed by atoms with Gasteiger partial charge in [0.2, 0.25) is 0 Å².